The molecule has 0 radical (unpaired) electrons. The molecule has 0 atom stereocenters. The van der Waals surface area contributed by atoms with Crippen molar-refractivity contribution in [3.05, 3.63) is 0 Å². The maximum absolute atomic E-state index is 7.17. The molecule has 0 aliphatic carbocycles. The SMILES string of the molecule is C#CCNCC(=N)C(C)=N. The number of hydrogen-bond acceptors (Lipinski definition) is 3. The normalized spacial score (nSPS) is 8.40. The molecule has 0 fully saturated rings. The lowest BCUT2D eigenvalue weighted by Gasteiger charge is -1.99. The smallest absolute Gasteiger partial charge is 0.0656 e. The standard InChI is InChI=1S/C7H11N3/c1-3-4-10-5-7(9)6(2)8/h1,8-10H,4-5H2,2H3. The Hall–Kier alpha value is -1.14. The molecular formula is C7H11N3. The van der Waals surface area contributed by atoms with Gasteiger partial charge in [0.25, 0.3) is 0 Å². The van der Waals surface area contributed by atoms with Gasteiger partial charge in [-0.3, -0.25) is 0 Å². The van der Waals surface area contributed by atoms with Crippen LogP contribution in [-0.4, -0.2) is 24.5 Å². The highest BCUT2D eigenvalue weighted by molar-refractivity contribution is 6.39. The van der Waals surface area contributed by atoms with E-state index in [0.29, 0.717) is 13.1 Å². The molecule has 0 aliphatic heterocycles. The van der Waals surface area contributed by atoms with Gasteiger partial charge < -0.3 is 16.1 Å². The Morgan fingerprint density at radius 2 is 2.20 bits per heavy atom. The van der Waals surface area contributed by atoms with Crippen molar-refractivity contribution in [1.29, 1.82) is 10.8 Å². The average molecular weight is 137 g/mol. The Balaban J connectivity index is 3.43. The first kappa shape index (κ1) is 8.86. The van der Waals surface area contributed by atoms with Crippen molar-refractivity contribution >= 4 is 11.4 Å². The van der Waals surface area contributed by atoms with Gasteiger partial charge in [-0.05, 0) is 6.92 Å². The summed E-state index contributed by atoms with van der Waals surface area (Å²) in [6, 6.07) is 0. The average Bonchev–Trinajstić information content (AvgIpc) is 1.88. The van der Waals surface area contributed by atoms with E-state index >= 15 is 0 Å². The van der Waals surface area contributed by atoms with Gasteiger partial charge >= 0.3 is 0 Å². The zero-order chi connectivity index (χ0) is 7.98. The third-order valence-corrected chi connectivity index (χ3v) is 0.982. The third kappa shape index (κ3) is 3.81. The molecule has 3 nitrogen and oxygen atoms in total. The summed E-state index contributed by atoms with van der Waals surface area (Å²) in [5.41, 5.74) is 0.569. The second-order valence-electron chi connectivity index (χ2n) is 1.91. The molecule has 0 saturated carbocycles. The van der Waals surface area contributed by atoms with Crippen LogP contribution in [0.4, 0.5) is 0 Å². The van der Waals surface area contributed by atoms with E-state index in [-0.39, 0.29) is 11.4 Å². The molecule has 3 N–H and O–H groups in total. The molecule has 54 valence electrons. The van der Waals surface area contributed by atoms with Crippen LogP contribution in [0.15, 0.2) is 0 Å². The summed E-state index contributed by atoms with van der Waals surface area (Å²) in [6.07, 6.45) is 4.95. The fourth-order valence-corrected chi connectivity index (χ4v) is 0.392. The number of nitrogens with one attached hydrogen (secondary N) is 3. The maximum Gasteiger partial charge on any atom is 0.0656 e. The van der Waals surface area contributed by atoms with Gasteiger partial charge in [-0.25, -0.2) is 0 Å². The zero-order valence-electron chi connectivity index (χ0n) is 5.99. The highest BCUT2D eigenvalue weighted by Crippen LogP contribution is 1.73. The van der Waals surface area contributed by atoms with Gasteiger partial charge in [0.2, 0.25) is 0 Å². The van der Waals surface area contributed by atoms with Crippen molar-refractivity contribution < 1.29 is 0 Å². The minimum Gasteiger partial charge on any atom is -0.304 e. The van der Waals surface area contributed by atoms with Gasteiger partial charge in [0.1, 0.15) is 0 Å². The second kappa shape index (κ2) is 4.71. The molecule has 0 rings (SSSR count). The van der Waals surface area contributed by atoms with E-state index in [0.717, 1.165) is 0 Å². The van der Waals surface area contributed by atoms with E-state index in [1.165, 1.54) is 0 Å². The minimum atomic E-state index is 0.282. The molecule has 0 aromatic heterocycles. The number of terminal acetylenes is 1. The van der Waals surface area contributed by atoms with E-state index < -0.39 is 0 Å². The van der Waals surface area contributed by atoms with Crippen molar-refractivity contribution in [2.24, 2.45) is 0 Å². The summed E-state index contributed by atoms with van der Waals surface area (Å²) in [7, 11) is 0. The van der Waals surface area contributed by atoms with Crippen LogP contribution in [0.5, 0.6) is 0 Å². The van der Waals surface area contributed by atoms with Gasteiger partial charge in [-0.1, -0.05) is 5.92 Å². The first-order valence-electron chi connectivity index (χ1n) is 2.95. The van der Waals surface area contributed by atoms with Gasteiger partial charge in [0.15, 0.2) is 0 Å². The lowest BCUT2D eigenvalue weighted by atomic mass is 10.2. The molecule has 0 heterocycles. The molecular weight excluding hydrogens is 126 g/mol. The van der Waals surface area contributed by atoms with Crippen LogP contribution >= 0.6 is 0 Å². The van der Waals surface area contributed by atoms with E-state index in [9.17, 15) is 0 Å². The Labute approximate surface area is 60.8 Å². The molecule has 0 aromatic rings. The Morgan fingerprint density at radius 3 is 2.60 bits per heavy atom. The fraction of sp³-hybridized carbons (Fsp3) is 0.429. The van der Waals surface area contributed by atoms with Crippen LogP contribution in [0.25, 0.3) is 0 Å². The Kier molecular flexibility index (Phi) is 4.17. The third-order valence-electron chi connectivity index (χ3n) is 0.982. The van der Waals surface area contributed by atoms with Crippen molar-refractivity contribution in [3.63, 3.8) is 0 Å². The van der Waals surface area contributed by atoms with E-state index in [4.69, 9.17) is 17.2 Å². The fourth-order valence-electron chi connectivity index (χ4n) is 0.392. The van der Waals surface area contributed by atoms with Crippen molar-refractivity contribution in [3.8, 4) is 12.3 Å². The molecule has 3 heteroatoms. The van der Waals surface area contributed by atoms with Gasteiger partial charge in [-0.15, -0.1) is 6.42 Å². The van der Waals surface area contributed by atoms with Crippen LogP contribution < -0.4 is 5.32 Å². The van der Waals surface area contributed by atoms with Gasteiger partial charge in [0.05, 0.1) is 18.0 Å². The Bertz CT molecular complexity index is 176. The predicted octanol–water partition coefficient (Wildman–Crippen LogP) is 0.269. The zero-order valence-corrected chi connectivity index (χ0v) is 5.99. The molecule has 0 amide bonds. The lowest BCUT2D eigenvalue weighted by Crippen LogP contribution is -2.26. The van der Waals surface area contributed by atoms with E-state index in [1.807, 2.05) is 0 Å². The first-order chi connectivity index (χ1) is 4.68. The quantitative estimate of drug-likeness (QED) is 0.291. The van der Waals surface area contributed by atoms with Crippen LogP contribution in [-0.2, 0) is 0 Å². The molecule has 0 unspecified atom stereocenters. The van der Waals surface area contributed by atoms with E-state index in [1.54, 1.807) is 6.92 Å². The predicted molar refractivity (Wildman–Crippen MR) is 42.8 cm³/mol. The monoisotopic (exact) mass is 137 g/mol. The highest BCUT2D eigenvalue weighted by atomic mass is 14.9. The molecule has 10 heavy (non-hydrogen) atoms. The van der Waals surface area contributed by atoms with Gasteiger partial charge in [-0.2, -0.15) is 0 Å². The second-order valence-corrected chi connectivity index (χ2v) is 1.91. The van der Waals surface area contributed by atoms with Crippen molar-refractivity contribution in [1.82, 2.24) is 5.32 Å². The summed E-state index contributed by atoms with van der Waals surface area (Å²) in [4.78, 5) is 0. The Morgan fingerprint density at radius 1 is 1.60 bits per heavy atom. The summed E-state index contributed by atoms with van der Waals surface area (Å²) in [5.74, 6) is 2.38. The summed E-state index contributed by atoms with van der Waals surface area (Å²) < 4.78 is 0. The molecule has 0 aromatic carbocycles. The topological polar surface area (TPSA) is 59.7 Å². The van der Waals surface area contributed by atoms with Crippen LogP contribution in [0.2, 0.25) is 0 Å². The van der Waals surface area contributed by atoms with Gasteiger partial charge in [0, 0.05) is 6.54 Å². The number of hydrogen-bond donors (Lipinski definition) is 3. The first-order valence-corrected chi connectivity index (χ1v) is 2.95. The molecule has 0 aliphatic rings. The maximum atomic E-state index is 7.17. The van der Waals surface area contributed by atoms with Crippen LogP contribution in [0.1, 0.15) is 6.92 Å². The molecule has 0 bridgehead atoms. The molecule has 0 spiro atoms. The number of rotatable bonds is 4. The molecule has 0 saturated heterocycles. The minimum absolute atomic E-state index is 0.282. The van der Waals surface area contributed by atoms with Crippen molar-refractivity contribution in [2.45, 2.75) is 6.92 Å². The van der Waals surface area contributed by atoms with Crippen molar-refractivity contribution in [2.75, 3.05) is 13.1 Å². The van der Waals surface area contributed by atoms with Crippen LogP contribution in [0.3, 0.4) is 0 Å². The highest BCUT2D eigenvalue weighted by Gasteiger charge is 1.95. The lowest BCUT2D eigenvalue weighted by molar-refractivity contribution is 0.880. The largest absolute Gasteiger partial charge is 0.304 e. The summed E-state index contributed by atoms with van der Waals surface area (Å²) >= 11 is 0. The van der Waals surface area contributed by atoms with E-state index in [2.05, 4.69) is 11.2 Å². The van der Waals surface area contributed by atoms with Crippen LogP contribution in [0, 0.1) is 23.2 Å². The summed E-state index contributed by atoms with van der Waals surface area (Å²) in [6.45, 7) is 2.43. The summed E-state index contributed by atoms with van der Waals surface area (Å²) in [5, 5.41) is 17.0.